The van der Waals surface area contributed by atoms with Gasteiger partial charge in [-0.15, -0.1) is 0 Å². The molecule has 2 aliphatic heterocycles. The highest BCUT2D eigenvalue weighted by Crippen LogP contribution is 2.42. The number of carbonyl (C=O) groups is 4. The Labute approximate surface area is 352 Å². The molecule has 0 saturated carbocycles. The summed E-state index contributed by atoms with van der Waals surface area (Å²) >= 11 is 0. The number of rotatable bonds is 10. The quantitative estimate of drug-likeness (QED) is 0.103. The first-order valence-corrected chi connectivity index (χ1v) is 23.7. The van der Waals surface area contributed by atoms with Crippen LogP contribution in [0.1, 0.15) is 57.8 Å². The van der Waals surface area contributed by atoms with Crippen molar-refractivity contribution in [1.82, 2.24) is 40.4 Å². The maximum Gasteiger partial charge on any atom is 0.407 e. The lowest BCUT2D eigenvalue weighted by Gasteiger charge is -2.30. The summed E-state index contributed by atoms with van der Waals surface area (Å²) in [5.74, 6) is -4.32. The van der Waals surface area contributed by atoms with Gasteiger partial charge in [0.15, 0.2) is 0 Å². The van der Waals surface area contributed by atoms with E-state index < -0.39 is 74.9 Å². The Morgan fingerprint density at radius 2 is 1.48 bits per heavy atom. The predicted octanol–water partition coefficient (Wildman–Crippen LogP) is 7.71. The lowest BCUT2D eigenvalue weighted by atomic mass is 9.98. The molecule has 0 radical (unpaired) electrons. The number of alkyl carbamates (subject to hydrolysis) is 2. The summed E-state index contributed by atoms with van der Waals surface area (Å²) in [7, 11) is 0.566. The molecule has 61 heavy (non-hydrogen) atoms. The number of alkyl halides is 2. The van der Waals surface area contributed by atoms with Gasteiger partial charge in [0.05, 0.1) is 63.8 Å². The van der Waals surface area contributed by atoms with Gasteiger partial charge in [-0.3, -0.25) is 9.59 Å². The number of H-pyrrole nitrogens is 2. The molecule has 2 saturated heterocycles. The average Bonchev–Trinajstić information content (AvgIpc) is 4.01. The normalized spacial score (nSPS) is 19.4. The number of hydrogen-bond donors (Lipinski definition) is 4. The summed E-state index contributed by atoms with van der Waals surface area (Å²) in [4.78, 5) is 70.3. The molecule has 4 atom stereocenters. The fourth-order valence-corrected chi connectivity index (χ4v) is 11.4. The number of fused-ring (bicyclic) bond motifs is 3. The number of methoxy groups -OCH3 is 2. The monoisotopic (exact) mass is 860 g/mol. The summed E-state index contributed by atoms with van der Waals surface area (Å²) in [6.07, 6.45) is 0.0649. The maximum atomic E-state index is 16.0. The van der Waals surface area contributed by atoms with Crippen LogP contribution in [0.3, 0.4) is 0 Å². The van der Waals surface area contributed by atoms with Crippen molar-refractivity contribution in [2.45, 2.75) is 83.3 Å². The molecule has 4 amide bonds. The van der Waals surface area contributed by atoms with Crippen LogP contribution in [0.5, 0.6) is 0 Å². The summed E-state index contributed by atoms with van der Waals surface area (Å²) in [5.41, 5.74) is 3.20. The number of hydrogen-bond acceptors (Lipinski definition) is 8. The third-order valence-corrected chi connectivity index (χ3v) is 14.3. The zero-order chi connectivity index (χ0) is 44.1. The number of halogens is 3. The number of nitrogens with zero attached hydrogens (tertiary/aromatic N) is 4. The van der Waals surface area contributed by atoms with E-state index in [0.717, 1.165) is 23.4 Å². The number of aromatic nitrogens is 4. The fraction of sp³-hybridized carbons (Fsp3) is 0.442. The van der Waals surface area contributed by atoms with E-state index in [-0.39, 0.29) is 23.7 Å². The third kappa shape index (κ3) is 8.67. The van der Waals surface area contributed by atoms with Gasteiger partial charge in [-0.25, -0.2) is 32.7 Å². The molecule has 4 heterocycles. The highest BCUT2D eigenvalue weighted by Gasteiger charge is 2.50. The van der Waals surface area contributed by atoms with Crippen LogP contribution in [-0.2, 0) is 19.1 Å². The second-order valence-electron chi connectivity index (χ2n) is 17.5. The molecular formula is C43H51F3N8O6Si. The molecule has 2 aromatic heterocycles. The highest BCUT2D eigenvalue weighted by molar-refractivity contribution is 6.78. The summed E-state index contributed by atoms with van der Waals surface area (Å²) in [6, 6.07) is 11.4. The van der Waals surface area contributed by atoms with Gasteiger partial charge in [0.25, 0.3) is 5.92 Å². The zero-order valence-corrected chi connectivity index (χ0v) is 36.4. The van der Waals surface area contributed by atoms with E-state index in [4.69, 9.17) is 9.72 Å². The van der Waals surface area contributed by atoms with Crippen molar-refractivity contribution < 1.29 is 41.8 Å². The number of nitrogens with one attached hydrogen (secondary N) is 4. The molecule has 0 aliphatic carbocycles. The second kappa shape index (κ2) is 16.5. The number of ether oxygens (including phenoxy) is 2. The lowest BCUT2D eigenvalue weighted by molar-refractivity contribution is -0.137. The molecule has 3 aromatic carbocycles. The van der Waals surface area contributed by atoms with Gasteiger partial charge in [-0.2, -0.15) is 0 Å². The minimum absolute atomic E-state index is 0.180. The van der Waals surface area contributed by atoms with E-state index in [2.05, 4.69) is 43.4 Å². The van der Waals surface area contributed by atoms with Crippen LogP contribution in [0.4, 0.5) is 22.8 Å². The van der Waals surface area contributed by atoms with Crippen LogP contribution in [0, 0.1) is 17.7 Å². The maximum absolute atomic E-state index is 16.0. The van der Waals surface area contributed by atoms with Gasteiger partial charge >= 0.3 is 12.2 Å². The molecule has 2 aliphatic rings. The summed E-state index contributed by atoms with van der Waals surface area (Å²) < 4.78 is 55.4. The molecule has 324 valence electrons. The topological polar surface area (TPSA) is 175 Å². The van der Waals surface area contributed by atoms with Crippen LogP contribution in [0.15, 0.2) is 54.7 Å². The molecule has 0 spiro atoms. The van der Waals surface area contributed by atoms with E-state index in [1.807, 2.05) is 26.0 Å². The van der Waals surface area contributed by atoms with E-state index in [0.29, 0.717) is 50.8 Å². The van der Waals surface area contributed by atoms with Crippen molar-refractivity contribution in [3.05, 3.63) is 72.2 Å². The fourth-order valence-electron chi connectivity index (χ4n) is 8.51. The minimum Gasteiger partial charge on any atom is -0.453 e. The van der Waals surface area contributed by atoms with Crippen LogP contribution in [0.25, 0.3) is 44.2 Å². The van der Waals surface area contributed by atoms with Crippen molar-refractivity contribution in [3.8, 4) is 22.4 Å². The molecule has 5 aromatic rings. The summed E-state index contributed by atoms with van der Waals surface area (Å²) in [6.45, 7) is 10.7. The first-order valence-electron chi connectivity index (χ1n) is 20.2. The number of imidazole rings is 2. The third-order valence-electron chi connectivity index (χ3n) is 11.6. The average molecular weight is 861 g/mol. The Morgan fingerprint density at radius 3 is 2.10 bits per heavy atom. The van der Waals surface area contributed by atoms with Gasteiger partial charge < -0.3 is 39.9 Å². The Hall–Kier alpha value is -5.91. The summed E-state index contributed by atoms with van der Waals surface area (Å²) in [5, 5.41) is 6.60. The van der Waals surface area contributed by atoms with Gasteiger partial charge in [-0.05, 0) is 47.0 Å². The van der Waals surface area contributed by atoms with E-state index in [1.54, 1.807) is 55.3 Å². The van der Waals surface area contributed by atoms with Crippen molar-refractivity contribution in [1.29, 1.82) is 0 Å². The molecule has 0 bridgehead atoms. The molecular weight excluding hydrogens is 810 g/mol. The van der Waals surface area contributed by atoms with Gasteiger partial charge in [0, 0.05) is 29.1 Å². The van der Waals surface area contributed by atoms with Crippen molar-refractivity contribution in [3.63, 3.8) is 0 Å². The second-order valence-corrected chi connectivity index (χ2v) is 22.6. The number of aromatic amines is 2. The zero-order valence-electron chi connectivity index (χ0n) is 35.4. The van der Waals surface area contributed by atoms with Gasteiger partial charge in [0.1, 0.15) is 29.5 Å². The molecule has 18 heteroatoms. The largest absolute Gasteiger partial charge is 0.453 e. The van der Waals surface area contributed by atoms with Crippen LogP contribution >= 0.6 is 0 Å². The Balaban J connectivity index is 1.13. The number of carbonyl (C=O) groups excluding carboxylic acids is 4. The van der Waals surface area contributed by atoms with Crippen LogP contribution in [-0.4, -0.2) is 107 Å². The van der Waals surface area contributed by atoms with Gasteiger partial charge in [-0.1, -0.05) is 71.1 Å². The minimum atomic E-state index is -3.18. The standard InChI is InChI=1S/C43H51F3N8O6Si/c1-22(2)34(51-41(57)59-5)39(55)53-20-43(45,46)17-32(53)38-48-30-14-11-25-15-24(9-13-28(25)36(30)50-38)27-12-10-26(16-29(27)44)31-18-47-37(49-31)33-19-61(7,8)21-54(33)40(56)35(23(3)4)52-42(58)60-6/h9-16,18,22-23,32-35H,17,19-21H2,1-8H3,(H,47,49)(H,48,50)(H,51,57)(H,52,58)/t32-,33?,34?,35-/m0/s1. The van der Waals surface area contributed by atoms with Crippen molar-refractivity contribution >= 4 is 53.9 Å². The Kier molecular flexibility index (Phi) is 11.7. The predicted molar refractivity (Wildman–Crippen MR) is 226 cm³/mol. The van der Waals surface area contributed by atoms with Gasteiger partial charge in [0.2, 0.25) is 11.8 Å². The molecule has 2 fully saturated rings. The molecule has 7 rings (SSSR count). The van der Waals surface area contributed by atoms with Crippen molar-refractivity contribution in [2.24, 2.45) is 11.8 Å². The number of likely N-dealkylation sites (tertiary alicyclic amines) is 1. The number of benzene rings is 3. The first kappa shape index (κ1) is 43.2. The highest BCUT2D eigenvalue weighted by atomic mass is 28.3. The molecule has 14 nitrogen and oxygen atoms in total. The van der Waals surface area contributed by atoms with E-state index in [9.17, 15) is 28.0 Å². The SMILES string of the molecule is COC(=O)NC(C(=O)N1CC(F)(F)C[C@H]1c1nc2c(ccc3cc(-c4ccc(-c5cnc(C6C[Si](C)(C)CN6C(=O)[C@@H](NC(=O)OC)C(C)C)[nH]5)cc4F)ccc32)[nH]1)C(C)C. The number of amides is 4. The first-order chi connectivity index (χ1) is 28.8. The molecule has 4 N–H and O–H groups in total. The Morgan fingerprint density at radius 1 is 0.836 bits per heavy atom. The van der Waals surface area contributed by atoms with E-state index >= 15 is 4.39 Å². The van der Waals surface area contributed by atoms with Crippen LogP contribution < -0.4 is 10.6 Å². The van der Waals surface area contributed by atoms with Crippen molar-refractivity contribution in [2.75, 3.05) is 26.9 Å². The smallest absolute Gasteiger partial charge is 0.407 e. The molecule has 2 unspecified atom stereocenters. The lowest BCUT2D eigenvalue weighted by Crippen LogP contribution is -2.52. The van der Waals surface area contributed by atoms with Crippen LogP contribution in [0.2, 0.25) is 19.1 Å². The van der Waals surface area contributed by atoms with E-state index in [1.165, 1.54) is 13.2 Å². The Bertz CT molecular complexity index is 2510.